The molecule has 1 atom stereocenters. The van der Waals surface area contributed by atoms with Gasteiger partial charge < -0.3 is 15.2 Å². The van der Waals surface area contributed by atoms with Crippen LogP contribution in [0, 0.1) is 34.0 Å². The topological polar surface area (TPSA) is 147 Å². The maximum absolute atomic E-state index is 12.7. The second kappa shape index (κ2) is 7.79. The standard InChI is InChI=1S/C19H12N4O4/c1-27-18(25)19(26)16(14(11-22)17(23-19)13(9-20)10-21)15(24)8-7-12-5-3-2-4-6-12/h2-8,23,26H,1H3/b8-7+. The highest BCUT2D eigenvalue weighted by atomic mass is 16.5. The van der Waals surface area contributed by atoms with Crippen LogP contribution in [0.3, 0.4) is 0 Å². The van der Waals surface area contributed by atoms with Crippen LogP contribution in [0.4, 0.5) is 0 Å². The number of methoxy groups -OCH3 is 1. The van der Waals surface area contributed by atoms with E-state index in [1.54, 1.807) is 48.5 Å². The van der Waals surface area contributed by atoms with Crippen molar-refractivity contribution in [3.63, 3.8) is 0 Å². The predicted octanol–water partition coefficient (Wildman–Crippen LogP) is 0.855. The van der Waals surface area contributed by atoms with Gasteiger partial charge in [0.1, 0.15) is 18.2 Å². The first-order valence-electron chi connectivity index (χ1n) is 7.49. The Morgan fingerprint density at radius 1 is 1.19 bits per heavy atom. The first-order chi connectivity index (χ1) is 12.9. The highest BCUT2D eigenvalue weighted by Crippen LogP contribution is 2.34. The van der Waals surface area contributed by atoms with E-state index in [4.69, 9.17) is 10.5 Å². The lowest BCUT2D eigenvalue weighted by molar-refractivity contribution is -0.160. The van der Waals surface area contributed by atoms with Crippen LogP contribution in [0.1, 0.15) is 5.56 Å². The lowest BCUT2D eigenvalue weighted by Gasteiger charge is -2.22. The minimum absolute atomic E-state index is 0.410. The molecule has 0 bridgehead atoms. The number of hydrogen-bond acceptors (Lipinski definition) is 8. The van der Waals surface area contributed by atoms with E-state index in [2.05, 4.69) is 10.1 Å². The van der Waals surface area contributed by atoms with E-state index in [1.165, 1.54) is 6.08 Å². The summed E-state index contributed by atoms with van der Waals surface area (Å²) in [7, 11) is 0.979. The molecule has 1 unspecified atom stereocenters. The second-order valence-corrected chi connectivity index (χ2v) is 5.27. The Morgan fingerprint density at radius 2 is 1.81 bits per heavy atom. The number of ether oxygens (including phenoxy) is 1. The third kappa shape index (κ3) is 3.45. The molecule has 0 spiro atoms. The molecule has 0 amide bonds. The van der Waals surface area contributed by atoms with E-state index < -0.39 is 39.9 Å². The number of nitrogens with one attached hydrogen (secondary N) is 1. The molecule has 1 heterocycles. The summed E-state index contributed by atoms with van der Waals surface area (Å²) < 4.78 is 4.51. The van der Waals surface area contributed by atoms with Crippen LogP contribution >= 0.6 is 0 Å². The smallest absolute Gasteiger partial charge is 0.364 e. The summed E-state index contributed by atoms with van der Waals surface area (Å²) >= 11 is 0. The number of carbonyl (C=O) groups excluding carboxylic acids is 2. The van der Waals surface area contributed by atoms with Crippen LogP contribution in [-0.2, 0) is 14.3 Å². The van der Waals surface area contributed by atoms with Crippen molar-refractivity contribution in [2.24, 2.45) is 0 Å². The average Bonchev–Trinajstić information content (AvgIpc) is 3.00. The molecule has 0 aliphatic carbocycles. The lowest BCUT2D eigenvalue weighted by atomic mass is 9.96. The van der Waals surface area contributed by atoms with Gasteiger partial charge in [0.2, 0.25) is 0 Å². The van der Waals surface area contributed by atoms with Gasteiger partial charge >= 0.3 is 5.97 Å². The molecule has 1 aromatic carbocycles. The van der Waals surface area contributed by atoms with Crippen molar-refractivity contribution in [1.82, 2.24) is 5.32 Å². The highest BCUT2D eigenvalue weighted by Gasteiger charge is 2.52. The van der Waals surface area contributed by atoms with Gasteiger partial charge in [-0.3, -0.25) is 4.79 Å². The fourth-order valence-electron chi connectivity index (χ4n) is 2.47. The average molecular weight is 360 g/mol. The molecule has 1 aliphatic heterocycles. The molecule has 27 heavy (non-hydrogen) atoms. The quantitative estimate of drug-likeness (QED) is 0.456. The van der Waals surface area contributed by atoms with Crippen molar-refractivity contribution in [3.8, 4) is 18.2 Å². The van der Waals surface area contributed by atoms with Crippen molar-refractivity contribution in [3.05, 3.63) is 64.4 Å². The predicted molar refractivity (Wildman–Crippen MR) is 91.5 cm³/mol. The minimum Gasteiger partial charge on any atom is -0.465 e. The van der Waals surface area contributed by atoms with Crippen LogP contribution in [0.15, 0.2) is 58.8 Å². The Hall–Kier alpha value is -4.19. The molecule has 1 aromatic rings. The largest absolute Gasteiger partial charge is 0.465 e. The number of ketones is 1. The van der Waals surface area contributed by atoms with Gasteiger partial charge in [0, 0.05) is 0 Å². The van der Waals surface area contributed by atoms with Crippen LogP contribution in [0.2, 0.25) is 0 Å². The van der Waals surface area contributed by atoms with E-state index in [-0.39, 0.29) is 0 Å². The van der Waals surface area contributed by atoms with Crippen LogP contribution in [-0.4, -0.2) is 29.7 Å². The molecule has 0 aromatic heterocycles. The van der Waals surface area contributed by atoms with Crippen molar-refractivity contribution >= 4 is 17.8 Å². The number of esters is 1. The Morgan fingerprint density at radius 3 is 2.33 bits per heavy atom. The SMILES string of the molecule is COC(=O)C1(O)NC(=C(C#N)C#N)C(C#N)=C1C(=O)/C=C/c1ccccc1. The van der Waals surface area contributed by atoms with Gasteiger partial charge in [0.25, 0.3) is 5.72 Å². The molecular formula is C19H12N4O4. The van der Waals surface area contributed by atoms with Crippen molar-refractivity contribution in [1.29, 1.82) is 15.8 Å². The van der Waals surface area contributed by atoms with Gasteiger partial charge in [0.15, 0.2) is 11.4 Å². The number of nitriles is 3. The van der Waals surface area contributed by atoms with E-state index in [9.17, 15) is 20.0 Å². The number of aliphatic hydroxyl groups is 1. The molecule has 1 aliphatic rings. The molecule has 0 saturated heterocycles. The molecular weight excluding hydrogens is 348 g/mol. The number of rotatable bonds is 4. The molecule has 8 nitrogen and oxygen atoms in total. The Bertz CT molecular complexity index is 1000. The molecule has 0 fully saturated rings. The molecule has 8 heteroatoms. The summed E-state index contributed by atoms with van der Waals surface area (Å²) in [5.74, 6) is -2.13. The number of benzene rings is 1. The van der Waals surface area contributed by atoms with Crippen molar-refractivity contribution in [2.75, 3.05) is 7.11 Å². The molecule has 2 N–H and O–H groups in total. The van der Waals surface area contributed by atoms with Gasteiger partial charge in [0.05, 0.1) is 24.0 Å². The fourth-order valence-corrected chi connectivity index (χ4v) is 2.47. The third-order valence-corrected chi connectivity index (χ3v) is 3.71. The maximum Gasteiger partial charge on any atom is 0.364 e. The normalized spacial score (nSPS) is 18.3. The maximum atomic E-state index is 12.7. The zero-order chi connectivity index (χ0) is 20.0. The van der Waals surface area contributed by atoms with Crippen molar-refractivity contribution in [2.45, 2.75) is 5.72 Å². The minimum atomic E-state index is -2.70. The Labute approximate surface area is 154 Å². The van der Waals surface area contributed by atoms with Gasteiger partial charge in [-0.1, -0.05) is 36.4 Å². The first-order valence-corrected chi connectivity index (χ1v) is 7.49. The van der Waals surface area contributed by atoms with Gasteiger partial charge in [-0.05, 0) is 11.6 Å². The van der Waals surface area contributed by atoms with Gasteiger partial charge in [-0.25, -0.2) is 4.79 Å². The van der Waals surface area contributed by atoms with Gasteiger partial charge in [-0.2, -0.15) is 15.8 Å². The number of nitrogens with zero attached hydrogens (tertiary/aromatic N) is 3. The van der Waals surface area contributed by atoms with E-state index >= 15 is 0 Å². The monoisotopic (exact) mass is 360 g/mol. The highest BCUT2D eigenvalue weighted by molar-refractivity contribution is 6.14. The molecule has 0 saturated carbocycles. The number of allylic oxidation sites excluding steroid dienone is 3. The molecule has 2 rings (SSSR count). The second-order valence-electron chi connectivity index (χ2n) is 5.27. The summed E-state index contributed by atoms with van der Waals surface area (Å²) in [4.78, 5) is 24.8. The number of hydrogen-bond donors (Lipinski definition) is 2. The van der Waals surface area contributed by atoms with E-state index in [0.29, 0.717) is 5.56 Å². The number of carbonyl (C=O) groups is 2. The zero-order valence-corrected chi connectivity index (χ0v) is 14.1. The fraction of sp³-hybridized carbons (Fsp3) is 0.105. The third-order valence-electron chi connectivity index (χ3n) is 3.71. The zero-order valence-electron chi connectivity index (χ0n) is 14.1. The Balaban J connectivity index is 2.65. The first kappa shape index (κ1) is 19.1. The molecule has 132 valence electrons. The lowest BCUT2D eigenvalue weighted by Crippen LogP contribution is -2.51. The Kier molecular flexibility index (Phi) is 5.53. The summed E-state index contributed by atoms with van der Waals surface area (Å²) in [5.41, 5.74) is -4.11. The van der Waals surface area contributed by atoms with Crippen molar-refractivity contribution < 1.29 is 19.4 Å². The van der Waals surface area contributed by atoms with E-state index in [1.807, 2.05) is 0 Å². The van der Waals surface area contributed by atoms with Crippen LogP contribution in [0.25, 0.3) is 6.08 Å². The van der Waals surface area contributed by atoms with Crippen LogP contribution in [0.5, 0.6) is 0 Å². The summed E-state index contributed by atoms with van der Waals surface area (Å²) in [6.45, 7) is 0. The van der Waals surface area contributed by atoms with Gasteiger partial charge in [-0.15, -0.1) is 0 Å². The summed E-state index contributed by atoms with van der Waals surface area (Å²) in [5, 5.41) is 40.4. The summed E-state index contributed by atoms with van der Waals surface area (Å²) in [6.07, 6.45) is 2.50. The summed E-state index contributed by atoms with van der Waals surface area (Å²) in [6, 6.07) is 13.5. The molecule has 0 radical (unpaired) electrons. The van der Waals surface area contributed by atoms with Crippen LogP contribution < -0.4 is 5.32 Å². The van der Waals surface area contributed by atoms with E-state index in [0.717, 1.165) is 13.2 Å².